The van der Waals surface area contributed by atoms with Gasteiger partial charge in [0.25, 0.3) is 0 Å². The zero-order chi connectivity index (χ0) is 15.9. The molecule has 0 spiro atoms. The zero-order valence-corrected chi connectivity index (χ0v) is 13.1. The van der Waals surface area contributed by atoms with Crippen molar-refractivity contribution in [1.29, 1.82) is 0 Å². The van der Waals surface area contributed by atoms with Gasteiger partial charge in [0.2, 0.25) is 12.3 Å². The fraction of sp³-hybridized carbons (Fsp3) is 0.250. The first-order valence-corrected chi connectivity index (χ1v) is 7.97. The molecule has 6 nitrogen and oxygen atoms in total. The van der Waals surface area contributed by atoms with Crippen molar-refractivity contribution < 1.29 is 19.0 Å². The minimum absolute atomic E-state index is 0.171. The number of hydrogen-bond acceptors (Lipinski definition) is 7. The number of ether oxygens (including phenoxy) is 2. The number of thiophene rings is 1. The number of nitrogens with zero attached hydrogens (tertiary/aromatic N) is 2. The van der Waals surface area contributed by atoms with E-state index >= 15 is 0 Å². The Labute approximate surface area is 137 Å². The van der Waals surface area contributed by atoms with E-state index in [2.05, 4.69) is 10.2 Å². The van der Waals surface area contributed by atoms with E-state index in [9.17, 15) is 5.11 Å². The van der Waals surface area contributed by atoms with Crippen molar-refractivity contribution in [3.05, 3.63) is 53.0 Å². The van der Waals surface area contributed by atoms with Crippen molar-refractivity contribution >= 4 is 11.3 Å². The molecule has 120 valence electrons. The van der Waals surface area contributed by atoms with Crippen LogP contribution in [0.1, 0.15) is 4.88 Å². The number of hydrogen-bond donors (Lipinski definition) is 1. The Bertz CT molecular complexity index is 683. The van der Waals surface area contributed by atoms with E-state index in [0.29, 0.717) is 18.2 Å². The van der Waals surface area contributed by atoms with Crippen LogP contribution in [0.5, 0.6) is 5.75 Å². The molecule has 0 saturated heterocycles. The van der Waals surface area contributed by atoms with Crippen molar-refractivity contribution in [1.82, 2.24) is 10.2 Å². The molecule has 1 aromatic carbocycles. The molecule has 1 atom stereocenters. The van der Waals surface area contributed by atoms with Gasteiger partial charge in [0.1, 0.15) is 18.5 Å². The zero-order valence-electron chi connectivity index (χ0n) is 12.3. The average Bonchev–Trinajstić information content (AvgIpc) is 3.27. The first-order valence-electron chi connectivity index (χ1n) is 7.09. The van der Waals surface area contributed by atoms with Crippen LogP contribution < -0.4 is 4.74 Å². The summed E-state index contributed by atoms with van der Waals surface area (Å²) in [6, 6.07) is 11.2. The van der Waals surface area contributed by atoms with Crippen LogP contribution >= 0.6 is 11.3 Å². The number of benzene rings is 1. The number of aliphatic hydroxyl groups excluding tert-OH is 1. The van der Waals surface area contributed by atoms with Crippen molar-refractivity contribution in [3.63, 3.8) is 0 Å². The summed E-state index contributed by atoms with van der Waals surface area (Å²) < 4.78 is 16.1. The molecule has 2 heterocycles. The van der Waals surface area contributed by atoms with Crippen molar-refractivity contribution in [2.75, 3.05) is 13.2 Å². The molecule has 0 amide bonds. The molecular formula is C16H16N2O4S. The van der Waals surface area contributed by atoms with E-state index in [1.54, 1.807) is 23.5 Å². The second kappa shape index (κ2) is 7.87. The predicted molar refractivity (Wildman–Crippen MR) is 85.2 cm³/mol. The predicted octanol–water partition coefficient (Wildman–Crippen LogP) is 2.75. The second-order valence-electron chi connectivity index (χ2n) is 4.83. The molecule has 3 aromatic rings. The Balaban J connectivity index is 1.41. The van der Waals surface area contributed by atoms with E-state index in [-0.39, 0.29) is 13.2 Å². The smallest absolute Gasteiger partial charge is 0.247 e. The lowest BCUT2D eigenvalue weighted by Gasteiger charge is -2.12. The Morgan fingerprint density at radius 1 is 1.17 bits per heavy atom. The highest BCUT2D eigenvalue weighted by atomic mass is 32.1. The molecule has 0 aliphatic rings. The molecule has 1 unspecified atom stereocenters. The van der Waals surface area contributed by atoms with Crippen molar-refractivity contribution in [2.24, 2.45) is 0 Å². The van der Waals surface area contributed by atoms with Crippen LogP contribution in [0.25, 0.3) is 11.5 Å². The summed E-state index contributed by atoms with van der Waals surface area (Å²) in [6.07, 6.45) is 0.609. The summed E-state index contributed by atoms with van der Waals surface area (Å²) in [6.45, 7) is 0.913. The van der Waals surface area contributed by atoms with Crippen LogP contribution in [-0.2, 0) is 11.3 Å². The van der Waals surface area contributed by atoms with Crippen LogP contribution in [-0.4, -0.2) is 34.6 Å². The fourth-order valence-electron chi connectivity index (χ4n) is 1.92. The first kappa shape index (κ1) is 15.7. The molecule has 0 aliphatic carbocycles. The van der Waals surface area contributed by atoms with Gasteiger partial charge in [-0.05, 0) is 35.7 Å². The lowest BCUT2D eigenvalue weighted by molar-refractivity contribution is 0.00625. The van der Waals surface area contributed by atoms with Crippen LogP contribution in [0, 0.1) is 0 Å². The molecule has 0 saturated carbocycles. The fourth-order valence-corrected chi connectivity index (χ4v) is 2.56. The molecule has 0 fully saturated rings. The maximum atomic E-state index is 9.86. The monoisotopic (exact) mass is 332 g/mol. The van der Waals surface area contributed by atoms with Gasteiger partial charge in [0, 0.05) is 10.4 Å². The lowest BCUT2D eigenvalue weighted by atomic mass is 10.2. The number of rotatable bonds is 8. The third-order valence-corrected chi connectivity index (χ3v) is 3.89. The summed E-state index contributed by atoms with van der Waals surface area (Å²) in [5.41, 5.74) is 0.815. The van der Waals surface area contributed by atoms with Gasteiger partial charge in [-0.15, -0.1) is 21.5 Å². The highest BCUT2D eigenvalue weighted by Gasteiger charge is 2.07. The third kappa shape index (κ3) is 4.62. The van der Waals surface area contributed by atoms with Crippen molar-refractivity contribution in [2.45, 2.75) is 12.7 Å². The molecule has 1 N–H and O–H groups in total. The quantitative estimate of drug-likeness (QED) is 0.683. The summed E-state index contributed by atoms with van der Waals surface area (Å²) in [5.74, 6) is 1.11. The molecule has 0 bridgehead atoms. The van der Waals surface area contributed by atoms with Crippen LogP contribution in [0.4, 0.5) is 0 Å². The Kier molecular flexibility index (Phi) is 5.36. The van der Waals surface area contributed by atoms with Crippen LogP contribution in [0.15, 0.2) is 52.6 Å². The summed E-state index contributed by atoms with van der Waals surface area (Å²) in [4.78, 5) is 1.13. The average molecular weight is 332 g/mol. The topological polar surface area (TPSA) is 77.6 Å². The Morgan fingerprint density at radius 3 is 2.74 bits per heavy atom. The number of aliphatic hydroxyl groups is 1. The molecular weight excluding hydrogens is 316 g/mol. The highest BCUT2D eigenvalue weighted by Crippen LogP contribution is 2.20. The minimum atomic E-state index is -0.675. The maximum Gasteiger partial charge on any atom is 0.247 e. The van der Waals surface area contributed by atoms with Gasteiger partial charge in [-0.25, -0.2) is 0 Å². The van der Waals surface area contributed by atoms with Gasteiger partial charge in [-0.1, -0.05) is 6.07 Å². The minimum Gasteiger partial charge on any atom is -0.491 e. The Morgan fingerprint density at radius 2 is 2.04 bits per heavy atom. The Hall–Kier alpha value is -2.22. The van der Waals surface area contributed by atoms with Gasteiger partial charge in [0.05, 0.1) is 13.2 Å². The molecule has 7 heteroatoms. The summed E-state index contributed by atoms with van der Waals surface area (Å²) in [7, 11) is 0. The largest absolute Gasteiger partial charge is 0.491 e. The van der Waals surface area contributed by atoms with E-state index < -0.39 is 6.10 Å². The SMILES string of the molecule is OC(COCc1cccs1)COc1ccc(-c2nnco2)cc1. The molecule has 23 heavy (non-hydrogen) atoms. The van der Waals surface area contributed by atoms with Gasteiger partial charge >= 0.3 is 0 Å². The second-order valence-corrected chi connectivity index (χ2v) is 5.86. The first-order chi connectivity index (χ1) is 11.3. The van der Waals surface area contributed by atoms with Crippen LogP contribution in [0.2, 0.25) is 0 Å². The van der Waals surface area contributed by atoms with Crippen molar-refractivity contribution in [3.8, 4) is 17.2 Å². The van der Waals surface area contributed by atoms with E-state index in [1.807, 2.05) is 29.6 Å². The molecule has 3 rings (SSSR count). The molecule has 0 radical (unpaired) electrons. The van der Waals surface area contributed by atoms with Gasteiger partial charge in [0.15, 0.2) is 0 Å². The van der Waals surface area contributed by atoms with E-state index in [4.69, 9.17) is 13.9 Å². The maximum absolute atomic E-state index is 9.86. The standard InChI is InChI=1S/C16H16N2O4S/c19-13(8-20-10-15-2-1-7-23-15)9-21-14-5-3-12(4-6-14)16-18-17-11-22-16/h1-7,11,13,19H,8-10H2. The van der Waals surface area contributed by atoms with Gasteiger partial charge < -0.3 is 19.0 Å². The van der Waals surface area contributed by atoms with Gasteiger partial charge in [-0.2, -0.15) is 0 Å². The highest BCUT2D eigenvalue weighted by molar-refractivity contribution is 7.09. The van der Waals surface area contributed by atoms with Gasteiger partial charge in [-0.3, -0.25) is 0 Å². The molecule has 2 aromatic heterocycles. The molecule has 0 aliphatic heterocycles. The van der Waals surface area contributed by atoms with Crippen LogP contribution in [0.3, 0.4) is 0 Å². The summed E-state index contributed by atoms with van der Waals surface area (Å²) >= 11 is 1.63. The lowest BCUT2D eigenvalue weighted by Crippen LogP contribution is -2.23. The summed E-state index contributed by atoms with van der Waals surface area (Å²) in [5, 5.41) is 19.3. The van der Waals surface area contributed by atoms with E-state index in [1.165, 1.54) is 6.39 Å². The normalized spacial score (nSPS) is 12.2. The third-order valence-electron chi connectivity index (χ3n) is 3.04. The number of aromatic nitrogens is 2. The van der Waals surface area contributed by atoms with E-state index in [0.717, 1.165) is 10.4 Å².